The zero-order chi connectivity index (χ0) is 9.73. The molecule has 1 atom stereocenters. The minimum atomic E-state index is -0.514. The lowest BCUT2D eigenvalue weighted by Crippen LogP contribution is -2.37. The van der Waals surface area contributed by atoms with E-state index in [1.54, 1.807) is 0 Å². The van der Waals surface area contributed by atoms with Crippen LogP contribution in [0.15, 0.2) is 0 Å². The van der Waals surface area contributed by atoms with Crippen LogP contribution in [0.1, 0.15) is 46.0 Å². The second-order valence-electron chi connectivity index (χ2n) is 4.61. The molecule has 0 bridgehead atoms. The standard InChI is InChI=1S/C11H23NO/c1-3-11(2,13)9-12-8-4-5-10-6-7-10/h10,12-13H,3-9H2,1-2H3. The molecule has 0 radical (unpaired) electrons. The summed E-state index contributed by atoms with van der Waals surface area (Å²) in [6, 6.07) is 0. The Morgan fingerprint density at radius 2 is 2.15 bits per heavy atom. The summed E-state index contributed by atoms with van der Waals surface area (Å²) >= 11 is 0. The van der Waals surface area contributed by atoms with Crippen molar-refractivity contribution in [2.24, 2.45) is 5.92 Å². The van der Waals surface area contributed by atoms with Crippen molar-refractivity contribution in [3.05, 3.63) is 0 Å². The molecule has 13 heavy (non-hydrogen) atoms. The quantitative estimate of drug-likeness (QED) is 0.594. The van der Waals surface area contributed by atoms with Crippen molar-refractivity contribution in [1.29, 1.82) is 0 Å². The lowest BCUT2D eigenvalue weighted by Gasteiger charge is -2.21. The summed E-state index contributed by atoms with van der Waals surface area (Å²) in [5.41, 5.74) is -0.514. The topological polar surface area (TPSA) is 32.3 Å². The molecule has 2 N–H and O–H groups in total. The van der Waals surface area contributed by atoms with Crippen LogP contribution in [0.5, 0.6) is 0 Å². The molecule has 0 aromatic carbocycles. The van der Waals surface area contributed by atoms with Gasteiger partial charge in [0, 0.05) is 6.54 Å². The summed E-state index contributed by atoms with van der Waals surface area (Å²) in [4.78, 5) is 0. The average molecular weight is 185 g/mol. The molecule has 0 aliphatic heterocycles. The van der Waals surface area contributed by atoms with Crippen LogP contribution in [0.4, 0.5) is 0 Å². The van der Waals surface area contributed by atoms with Gasteiger partial charge in [0.15, 0.2) is 0 Å². The Morgan fingerprint density at radius 1 is 1.46 bits per heavy atom. The number of hydrogen-bond donors (Lipinski definition) is 2. The molecule has 0 heterocycles. The van der Waals surface area contributed by atoms with E-state index in [-0.39, 0.29) is 0 Å². The van der Waals surface area contributed by atoms with Gasteiger partial charge < -0.3 is 10.4 Å². The zero-order valence-electron chi connectivity index (χ0n) is 8.97. The number of hydrogen-bond acceptors (Lipinski definition) is 2. The Kier molecular flexibility index (Phi) is 4.20. The molecule has 78 valence electrons. The summed E-state index contributed by atoms with van der Waals surface area (Å²) in [5, 5.41) is 13.0. The van der Waals surface area contributed by atoms with E-state index in [0.717, 1.165) is 25.4 Å². The molecule has 1 fully saturated rings. The van der Waals surface area contributed by atoms with Crippen LogP contribution < -0.4 is 5.32 Å². The Labute approximate surface area is 81.7 Å². The van der Waals surface area contributed by atoms with Crippen LogP contribution in [0, 0.1) is 5.92 Å². The van der Waals surface area contributed by atoms with Gasteiger partial charge in [-0.3, -0.25) is 0 Å². The SMILES string of the molecule is CCC(C)(O)CNCCCC1CC1. The molecular formula is C11H23NO. The van der Waals surface area contributed by atoms with E-state index in [1.165, 1.54) is 25.7 Å². The predicted molar refractivity (Wildman–Crippen MR) is 55.7 cm³/mol. The summed E-state index contributed by atoms with van der Waals surface area (Å²) in [7, 11) is 0. The second-order valence-corrected chi connectivity index (χ2v) is 4.61. The van der Waals surface area contributed by atoms with Gasteiger partial charge in [-0.15, -0.1) is 0 Å². The van der Waals surface area contributed by atoms with Gasteiger partial charge in [-0.1, -0.05) is 19.8 Å². The van der Waals surface area contributed by atoms with Crippen molar-refractivity contribution in [2.45, 2.75) is 51.6 Å². The Morgan fingerprint density at radius 3 is 2.69 bits per heavy atom. The highest BCUT2D eigenvalue weighted by Gasteiger charge is 2.20. The largest absolute Gasteiger partial charge is 0.389 e. The first-order valence-electron chi connectivity index (χ1n) is 5.57. The maximum absolute atomic E-state index is 9.68. The van der Waals surface area contributed by atoms with E-state index in [2.05, 4.69) is 5.32 Å². The van der Waals surface area contributed by atoms with Crippen LogP contribution in [0.2, 0.25) is 0 Å². The lowest BCUT2D eigenvalue weighted by atomic mass is 10.0. The van der Waals surface area contributed by atoms with Gasteiger partial charge >= 0.3 is 0 Å². The van der Waals surface area contributed by atoms with E-state index in [1.807, 2.05) is 13.8 Å². The third kappa shape index (κ3) is 5.27. The first-order valence-corrected chi connectivity index (χ1v) is 5.57. The lowest BCUT2D eigenvalue weighted by molar-refractivity contribution is 0.0559. The van der Waals surface area contributed by atoms with Crippen molar-refractivity contribution < 1.29 is 5.11 Å². The first kappa shape index (κ1) is 11.0. The predicted octanol–water partition coefficient (Wildman–Crippen LogP) is 1.93. The van der Waals surface area contributed by atoms with Crippen molar-refractivity contribution in [3.63, 3.8) is 0 Å². The third-order valence-corrected chi connectivity index (χ3v) is 2.93. The number of rotatable bonds is 7. The summed E-state index contributed by atoms with van der Waals surface area (Å²) < 4.78 is 0. The highest BCUT2D eigenvalue weighted by molar-refractivity contribution is 4.75. The highest BCUT2D eigenvalue weighted by Crippen LogP contribution is 2.33. The van der Waals surface area contributed by atoms with Crippen LogP contribution >= 0.6 is 0 Å². The fraction of sp³-hybridized carbons (Fsp3) is 1.00. The normalized spacial score (nSPS) is 21.5. The Balaban J connectivity index is 1.87. The molecule has 1 rings (SSSR count). The maximum Gasteiger partial charge on any atom is 0.0740 e. The highest BCUT2D eigenvalue weighted by atomic mass is 16.3. The molecular weight excluding hydrogens is 162 g/mol. The summed E-state index contributed by atoms with van der Waals surface area (Å²) in [5.74, 6) is 1.04. The molecule has 0 aromatic heterocycles. The van der Waals surface area contributed by atoms with Crippen LogP contribution in [-0.2, 0) is 0 Å². The minimum Gasteiger partial charge on any atom is -0.389 e. The average Bonchev–Trinajstić information content (AvgIpc) is 2.87. The maximum atomic E-state index is 9.68. The number of aliphatic hydroxyl groups is 1. The van der Waals surface area contributed by atoms with Gasteiger partial charge in [0.05, 0.1) is 5.60 Å². The monoisotopic (exact) mass is 185 g/mol. The van der Waals surface area contributed by atoms with Crippen molar-refractivity contribution >= 4 is 0 Å². The van der Waals surface area contributed by atoms with Crippen LogP contribution in [0.3, 0.4) is 0 Å². The molecule has 1 aliphatic carbocycles. The van der Waals surface area contributed by atoms with Crippen molar-refractivity contribution in [2.75, 3.05) is 13.1 Å². The van der Waals surface area contributed by atoms with Gasteiger partial charge in [0.25, 0.3) is 0 Å². The molecule has 2 heteroatoms. The fourth-order valence-electron chi connectivity index (χ4n) is 1.40. The third-order valence-electron chi connectivity index (χ3n) is 2.93. The van der Waals surface area contributed by atoms with E-state index >= 15 is 0 Å². The molecule has 0 aromatic rings. The Hall–Kier alpha value is -0.0800. The second kappa shape index (κ2) is 4.97. The van der Waals surface area contributed by atoms with E-state index in [9.17, 15) is 5.11 Å². The Bertz CT molecular complexity index is 141. The summed E-state index contributed by atoms with van der Waals surface area (Å²) in [6.45, 7) is 5.70. The minimum absolute atomic E-state index is 0.514. The summed E-state index contributed by atoms with van der Waals surface area (Å²) in [6.07, 6.45) is 6.37. The smallest absolute Gasteiger partial charge is 0.0740 e. The van der Waals surface area contributed by atoms with Crippen molar-refractivity contribution in [3.8, 4) is 0 Å². The molecule has 0 saturated heterocycles. The molecule has 1 aliphatic rings. The van der Waals surface area contributed by atoms with Gasteiger partial charge in [-0.2, -0.15) is 0 Å². The number of nitrogens with one attached hydrogen (secondary N) is 1. The van der Waals surface area contributed by atoms with Crippen LogP contribution in [-0.4, -0.2) is 23.8 Å². The van der Waals surface area contributed by atoms with Gasteiger partial charge in [0.1, 0.15) is 0 Å². The van der Waals surface area contributed by atoms with E-state index in [0.29, 0.717) is 0 Å². The van der Waals surface area contributed by atoms with Gasteiger partial charge in [-0.25, -0.2) is 0 Å². The van der Waals surface area contributed by atoms with E-state index in [4.69, 9.17) is 0 Å². The molecule has 1 unspecified atom stereocenters. The zero-order valence-corrected chi connectivity index (χ0v) is 8.97. The van der Waals surface area contributed by atoms with Gasteiger partial charge in [-0.05, 0) is 38.6 Å². The fourth-order valence-corrected chi connectivity index (χ4v) is 1.40. The van der Waals surface area contributed by atoms with Crippen LogP contribution in [0.25, 0.3) is 0 Å². The van der Waals surface area contributed by atoms with E-state index < -0.39 is 5.60 Å². The molecule has 2 nitrogen and oxygen atoms in total. The molecule has 0 spiro atoms. The van der Waals surface area contributed by atoms with Gasteiger partial charge in [0.2, 0.25) is 0 Å². The molecule has 0 amide bonds. The molecule has 1 saturated carbocycles. The first-order chi connectivity index (χ1) is 6.14. The van der Waals surface area contributed by atoms with Crippen molar-refractivity contribution in [1.82, 2.24) is 5.32 Å².